The maximum absolute atomic E-state index is 5.23. The zero-order chi connectivity index (χ0) is 7.82. The summed E-state index contributed by atoms with van der Waals surface area (Å²) in [5.41, 5.74) is 0. The molecule has 0 aromatic carbocycles. The van der Waals surface area contributed by atoms with Crippen LogP contribution in [0.4, 0.5) is 4.70 Å². The van der Waals surface area contributed by atoms with Gasteiger partial charge >= 0.3 is 0 Å². The van der Waals surface area contributed by atoms with Gasteiger partial charge in [0.15, 0.2) is 0 Å². The molecule has 0 aliphatic heterocycles. The Kier molecular flexibility index (Phi) is 12.6. The molecular formula is C8H20FOSi. The predicted molar refractivity (Wildman–Crippen MR) is 50.5 cm³/mol. The Morgan fingerprint density at radius 3 is 2.27 bits per heavy atom. The Balaban J connectivity index is 0. The number of unbranched alkanes of at least 4 members (excludes halogenated alkanes) is 1. The molecule has 69 valence electrons. The van der Waals surface area contributed by atoms with Crippen LogP contribution in [0.15, 0.2) is 0 Å². The van der Waals surface area contributed by atoms with Crippen LogP contribution in [0.2, 0.25) is 19.1 Å². The van der Waals surface area contributed by atoms with E-state index in [4.69, 9.17) is 4.74 Å². The molecule has 11 heavy (non-hydrogen) atoms. The molecule has 0 unspecified atom stereocenters. The molecule has 0 rings (SSSR count). The van der Waals surface area contributed by atoms with E-state index in [0.29, 0.717) is 0 Å². The lowest BCUT2D eigenvalue weighted by atomic mass is 10.4. The third kappa shape index (κ3) is 13.2. The SMILES string of the molecule is CCOCCCC[Si](C)C.F. The molecule has 0 amide bonds. The summed E-state index contributed by atoms with van der Waals surface area (Å²) in [6.45, 7) is 8.62. The van der Waals surface area contributed by atoms with Crippen LogP contribution in [0.25, 0.3) is 0 Å². The second kappa shape index (κ2) is 10.1. The van der Waals surface area contributed by atoms with Gasteiger partial charge < -0.3 is 4.74 Å². The maximum atomic E-state index is 5.23. The summed E-state index contributed by atoms with van der Waals surface area (Å²) < 4.78 is 5.23. The molecule has 1 radical (unpaired) electrons. The number of ether oxygens (including phenoxy) is 1. The average Bonchev–Trinajstić information content (AvgIpc) is 1.87. The summed E-state index contributed by atoms with van der Waals surface area (Å²) in [5.74, 6) is 0. The van der Waals surface area contributed by atoms with E-state index in [9.17, 15) is 0 Å². The van der Waals surface area contributed by atoms with Gasteiger partial charge in [0.25, 0.3) is 0 Å². The first kappa shape index (κ1) is 13.7. The van der Waals surface area contributed by atoms with Crippen molar-refractivity contribution in [2.75, 3.05) is 13.2 Å². The molecule has 0 saturated heterocycles. The van der Waals surface area contributed by atoms with E-state index in [-0.39, 0.29) is 13.5 Å². The van der Waals surface area contributed by atoms with E-state index in [1.165, 1.54) is 18.9 Å². The molecule has 0 spiro atoms. The van der Waals surface area contributed by atoms with Crippen LogP contribution >= 0.6 is 0 Å². The van der Waals surface area contributed by atoms with Gasteiger partial charge in [0.2, 0.25) is 0 Å². The summed E-state index contributed by atoms with van der Waals surface area (Å²) in [4.78, 5) is 0. The van der Waals surface area contributed by atoms with Crippen LogP contribution in [0.3, 0.4) is 0 Å². The van der Waals surface area contributed by atoms with Crippen molar-refractivity contribution in [1.29, 1.82) is 0 Å². The Morgan fingerprint density at radius 2 is 1.82 bits per heavy atom. The van der Waals surface area contributed by atoms with Crippen molar-refractivity contribution in [3.8, 4) is 0 Å². The zero-order valence-corrected chi connectivity index (χ0v) is 8.85. The summed E-state index contributed by atoms with van der Waals surface area (Å²) >= 11 is 0. The van der Waals surface area contributed by atoms with Gasteiger partial charge in [-0.3, -0.25) is 4.70 Å². The fourth-order valence-corrected chi connectivity index (χ4v) is 1.78. The van der Waals surface area contributed by atoms with Crippen LogP contribution in [0, 0.1) is 0 Å². The number of rotatable bonds is 6. The van der Waals surface area contributed by atoms with E-state index in [2.05, 4.69) is 20.0 Å². The van der Waals surface area contributed by atoms with E-state index in [0.717, 1.165) is 13.2 Å². The fourth-order valence-electron chi connectivity index (χ4n) is 0.827. The second-order valence-corrected chi connectivity index (χ2v) is 5.78. The number of hydrogen-bond acceptors (Lipinski definition) is 1. The van der Waals surface area contributed by atoms with Crippen LogP contribution in [-0.4, -0.2) is 22.0 Å². The molecule has 0 bridgehead atoms. The maximum Gasteiger partial charge on any atom is 0.0465 e. The highest BCUT2D eigenvalue weighted by molar-refractivity contribution is 6.55. The first-order valence-corrected chi connectivity index (χ1v) is 6.85. The molecule has 0 aromatic heterocycles. The molecular weight excluding hydrogens is 159 g/mol. The Hall–Kier alpha value is 0.107. The number of halogens is 1. The van der Waals surface area contributed by atoms with Crippen LogP contribution in [0.5, 0.6) is 0 Å². The van der Waals surface area contributed by atoms with Gasteiger partial charge in [-0.25, -0.2) is 0 Å². The van der Waals surface area contributed by atoms with Gasteiger partial charge in [-0.15, -0.1) is 0 Å². The van der Waals surface area contributed by atoms with E-state index < -0.39 is 0 Å². The monoisotopic (exact) mass is 179 g/mol. The normalized spacial score (nSPS) is 9.82. The Bertz CT molecular complexity index is 69.1. The van der Waals surface area contributed by atoms with Crippen LogP contribution in [-0.2, 0) is 4.74 Å². The van der Waals surface area contributed by atoms with Crippen molar-refractivity contribution >= 4 is 8.80 Å². The topological polar surface area (TPSA) is 9.23 Å². The van der Waals surface area contributed by atoms with Crippen molar-refractivity contribution < 1.29 is 9.44 Å². The lowest BCUT2D eigenvalue weighted by Crippen LogP contribution is -2.00. The van der Waals surface area contributed by atoms with Crippen molar-refractivity contribution in [3.63, 3.8) is 0 Å². The quantitative estimate of drug-likeness (QED) is 0.450. The predicted octanol–water partition coefficient (Wildman–Crippen LogP) is 2.71. The lowest BCUT2D eigenvalue weighted by molar-refractivity contribution is 0.144. The van der Waals surface area contributed by atoms with Crippen molar-refractivity contribution in [2.24, 2.45) is 0 Å². The standard InChI is InChI=1S/C8H19OSi.FH/c1-4-9-7-5-6-8-10(2)3;/h4-8H2,1-3H3;1H. The highest BCUT2D eigenvalue weighted by Crippen LogP contribution is 2.00. The molecule has 0 aliphatic carbocycles. The van der Waals surface area contributed by atoms with Gasteiger partial charge in [-0.1, -0.05) is 25.6 Å². The van der Waals surface area contributed by atoms with Crippen molar-refractivity contribution in [3.05, 3.63) is 0 Å². The second-order valence-electron chi connectivity index (χ2n) is 2.86. The number of hydrogen-bond donors (Lipinski definition) is 0. The average molecular weight is 179 g/mol. The molecule has 0 aromatic rings. The molecule has 0 saturated carbocycles. The minimum absolute atomic E-state index is 0. The zero-order valence-electron chi connectivity index (χ0n) is 7.85. The first-order chi connectivity index (χ1) is 4.77. The molecule has 0 fully saturated rings. The summed E-state index contributed by atoms with van der Waals surface area (Å²) in [5, 5.41) is 0. The Morgan fingerprint density at radius 1 is 1.18 bits per heavy atom. The Labute approximate surface area is 71.1 Å². The fraction of sp³-hybridized carbons (Fsp3) is 1.00. The third-order valence-electron chi connectivity index (χ3n) is 1.42. The van der Waals surface area contributed by atoms with Crippen molar-refractivity contribution in [2.45, 2.75) is 38.9 Å². The van der Waals surface area contributed by atoms with Crippen LogP contribution < -0.4 is 0 Å². The minimum atomic E-state index is 0. The van der Waals surface area contributed by atoms with E-state index >= 15 is 0 Å². The van der Waals surface area contributed by atoms with Gasteiger partial charge in [0.05, 0.1) is 0 Å². The highest BCUT2D eigenvalue weighted by atomic mass is 28.3. The molecule has 0 atom stereocenters. The van der Waals surface area contributed by atoms with E-state index in [1.807, 2.05) is 0 Å². The summed E-state index contributed by atoms with van der Waals surface area (Å²) in [6, 6.07) is 1.44. The molecule has 0 aliphatic rings. The van der Waals surface area contributed by atoms with Crippen molar-refractivity contribution in [1.82, 2.24) is 0 Å². The molecule has 3 heteroatoms. The molecule has 0 heterocycles. The minimum Gasteiger partial charge on any atom is -0.382 e. The summed E-state index contributed by atoms with van der Waals surface area (Å²) in [6.07, 6.45) is 2.62. The summed E-state index contributed by atoms with van der Waals surface area (Å²) in [7, 11) is 0.0227. The van der Waals surface area contributed by atoms with Gasteiger partial charge in [-0.05, 0) is 13.3 Å². The largest absolute Gasteiger partial charge is 0.382 e. The third-order valence-corrected chi connectivity index (χ3v) is 2.77. The molecule has 1 nitrogen and oxygen atoms in total. The van der Waals surface area contributed by atoms with Gasteiger partial charge in [0, 0.05) is 22.0 Å². The lowest BCUT2D eigenvalue weighted by Gasteiger charge is -2.02. The van der Waals surface area contributed by atoms with E-state index in [1.54, 1.807) is 0 Å². The smallest absolute Gasteiger partial charge is 0.0465 e. The molecule has 0 N–H and O–H groups in total. The highest BCUT2D eigenvalue weighted by Gasteiger charge is 1.94. The van der Waals surface area contributed by atoms with Crippen LogP contribution in [0.1, 0.15) is 19.8 Å². The first-order valence-electron chi connectivity index (χ1n) is 4.14. The van der Waals surface area contributed by atoms with Gasteiger partial charge in [-0.2, -0.15) is 0 Å². The van der Waals surface area contributed by atoms with Gasteiger partial charge in [0.1, 0.15) is 0 Å².